The number of carbonyl (C=O) groups is 1. The third-order valence-electron chi connectivity index (χ3n) is 4.83. The Morgan fingerprint density at radius 2 is 1.77 bits per heavy atom. The number of likely N-dealkylation sites (N-methyl/N-ethyl adjacent to an activating group) is 2. The van der Waals surface area contributed by atoms with E-state index in [2.05, 4.69) is 35.0 Å². The molecule has 1 heterocycles. The second kappa shape index (κ2) is 9.62. The highest BCUT2D eigenvalue weighted by Gasteiger charge is 2.34. The van der Waals surface area contributed by atoms with Crippen molar-refractivity contribution in [1.29, 1.82) is 0 Å². The van der Waals surface area contributed by atoms with Crippen LogP contribution >= 0.6 is 28.1 Å². The molecule has 1 aliphatic rings. The first-order valence-electron chi connectivity index (χ1n) is 9.81. The van der Waals surface area contributed by atoms with Crippen LogP contribution in [0.5, 0.6) is 11.5 Å². The third-order valence-corrected chi connectivity index (χ3v) is 6.01. The number of amides is 1. The summed E-state index contributed by atoms with van der Waals surface area (Å²) in [5.41, 5.74) is 3.63. The number of benzene rings is 2. The number of carbonyl (C=O) groups excluding carboxylic acids is 1. The quantitative estimate of drug-likeness (QED) is 0.397. The van der Waals surface area contributed by atoms with Crippen molar-refractivity contribution in [2.75, 3.05) is 20.2 Å². The van der Waals surface area contributed by atoms with E-state index in [1.165, 1.54) is 5.56 Å². The van der Waals surface area contributed by atoms with E-state index in [4.69, 9.17) is 21.7 Å². The lowest BCUT2D eigenvalue weighted by atomic mass is 10.1. The normalized spacial score (nSPS) is 15.3. The van der Waals surface area contributed by atoms with E-state index in [-0.39, 0.29) is 5.91 Å². The highest BCUT2D eigenvalue weighted by molar-refractivity contribution is 9.10. The minimum absolute atomic E-state index is 0.102. The summed E-state index contributed by atoms with van der Waals surface area (Å²) < 4.78 is 12.7. The molecule has 7 heteroatoms. The molecule has 0 saturated carbocycles. The fraction of sp³-hybridized carbons (Fsp3) is 0.304. The molecule has 0 atom stereocenters. The van der Waals surface area contributed by atoms with Gasteiger partial charge in [-0.25, -0.2) is 0 Å². The molecule has 1 aliphatic heterocycles. The average molecular weight is 489 g/mol. The molecule has 1 saturated heterocycles. The third kappa shape index (κ3) is 4.68. The molecule has 0 N–H and O–H groups in total. The minimum Gasteiger partial charge on any atom is -0.490 e. The zero-order valence-corrected chi connectivity index (χ0v) is 20.0. The summed E-state index contributed by atoms with van der Waals surface area (Å²) in [6.07, 6.45) is 1.82. The molecule has 5 nitrogen and oxygen atoms in total. The summed E-state index contributed by atoms with van der Waals surface area (Å²) >= 11 is 8.98. The van der Waals surface area contributed by atoms with Crippen LogP contribution in [0.3, 0.4) is 0 Å². The Morgan fingerprint density at radius 1 is 1.10 bits per heavy atom. The van der Waals surface area contributed by atoms with Gasteiger partial charge in [-0.2, -0.15) is 0 Å². The summed E-state index contributed by atoms with van der Waals surface area (Å²) in [5.74, 6) is 1.17. The van der Waals surface area contributed by atoms with Crippen molar-refractivity contribution < 1.29 is 14.3 Å². The minimum atomic E-state index is -0.102. The van der Waals surface area contributed by atoms with Gasteiger partial charge in [-0.3, -0.25) is 9.69 Å². The van der Waals surface area contributed by atoms with Gasteiger partial charge in [-0.05, 0) is 62.3 Å². The lowest BCUT2D eigenvalue weighted by Gasteiger charge is -2.15. The first kappa shape index (κ1) is 22.3. The molecule has 30 heavy (non-hydrogen) atoms. The highest BCUT2D eigenvalue weighted by Crippen LogP contribution is 2.36. The van der Waals surface area contributed by atoms with Crippen LogP contribution in [0.1, 0.15) is 30.5 Å². The summed E-state index contributed by atoms with van der Waals surface area (Å²) in [6, 6.07) is 12.0. The number of nitrogens with zero attached hydrogens (tertiary/aromatic N) is 2. The summed E-state index contributed by atoms with van der Waals surface area (Å²) in [7, 11) is 1.80. The number of hydrogen-bond donors (Lipinski definition) is 0. The zero-order valence-electron chi connectivity index (χ0n) is 17.6. The molecule has 1 fully saturated rings. The van der Waals surface area contributed by atoms with Crippen LogP contribution in [-0.4, -0.2) is 41.0 Å². The second-order valence-corrected chi connectivity index (χ2v) is 8.17. The number of halogens is 1. The summed E-state index contributed by atoms with van der Waals surface area (Å²) in [4.78, 5) is 16.0. The van der Waals surface area contributed by atoms with E-state index in [1.807, 2.05) is 44.2 Å². The number of aryl methyl sites for hydroxylation is 1. The first-order valence-corrected chi connectivity index (χ1v) is 11.0. The van der Waals surface area contributed by atoms with Gasteiger partial charge in [0.15, 0.2) is 16.6 Å². The molecule has 0 aliphatic carbocycles. The van der Waals surface area contributed by atoms with Gasteiger partial charge in [-0.15, -0.1) is 0 Å². The Balaban J connectivity index is 1.90. The van der Waals surface area contributed by atoms with Gasteiger partial charge in [0.05, 0.1) is 6.61 Å². The smallest absolute Gasteiger partial charge is 0.276 e. The van der Waals surface area contributed by atoms with Crippen LogP contribution in [0.4, 0.5) is 0 Å². The molecular formula is C23H25BrN2O3S. The van der Waals surface area contributed by atoms with E-state index in [0.717, 1.165) is 15.6 Å². The van der Waals surface area contributed by atoms with Gasteiger partial charge < -0.3 is 14.4 Å². The van der Waals surface area contributed by atoms with E-state index >= 15 is 0 Å². The molecule has 1 amide bonds. The van der Waals surface area contributed by atoms with Crippen molar-refractivity contribution in [1.82, 2.24) is 9.80 Å². The van der Waals surface area contributed by atoms with Gasteiger partial charge in [-0.1, -0.05) is 45.8 Å². The van der Waals surface area contributed by atoms with Crippen LogP contribution in [0.25, 0.3) is 6.08 Å². The Morgan fingerprint density at radius 3 is 2.37 bits per heavy atom. The van der Waals surface area contributed by atoms with Gasteiger partial charge in [0.1, 0.15) is 12.3 Å². The van der Waals surface area contributed by atoms with Crippen LogP contribution in [0.15, 0.2) is 46.6 Å². The standard InChI is InChI=1S/C23H25BrN2O3S/c1-5-26-22(27)19(25(4)23(26)30)11-17-12-20(28-6-2)21(13-18(17)24)29-14-16-9-7-15(3)8-10-16/h7-13H,5-6,14H2,1-4H3. The fourth-order valence-electron chi connectivity index (χ4n) is 3.13. The Bertz CT molecular complexity index is 989. The molecule has 2 aromatic rings. The van der Waals surface area contributed by atoms with E-state index in [1.54, 1.807) is 16.8 Å². The monoisotopic (exact) mass is 488 g/mol. The Hall–Kier alpha value is -2.38. The lowest BCUT2D eigenvalue weighted by Crippen LogP contribution is -2.30. The Kier molecular flexibility index (Phi) is 7.15. The maximum absolute atomic E-state index is 12.7. The molecule has 0 radical (unpaired) electrons. The zero-order chi connectivity index (χ0) is 21.8. The van der Waals surface area contributed by atoms with Crippen molar-refractivity contribution in [3.05, 3.63) is 63.3 Å². The lowest BCUT2D eigenvalue weighted by molar-refractivity contribution is -0.122. The highest BCUT2D eigenvalue weighted by atomic mass is 79.9. The van der Waals surface area contributed by atoms with E-state index < -0.39 is 0 Å². The predicted octanol–water partition coefficient (Wildman–Crippen LogP) is 5.15. The maximum Gasteiger partial charge on any atom is 0.276 e. The van der Waals surface area contributed by atoms with Gasteiger partial charge in [0.2, 0.25) is 0 Å². The molecule has 0 unspecified atom stereocenters. The van der Waals surface area contributed by atoms with Crippen molar-refractivity contribution in [3.63, 3.8) is 0 Å². The molecule has 3 rings (SSSR count). The maximum atomic E-state index is 12.7. The topological polar surface area (TPSA) is 42.0 Å². The molecule has 2 aromatic carbocycles. The van der Waals surface area contributed by atoms with Crippen molar-refractivity contribution in [2.45, 2.75) is 27.4 Å². The number of ether oxygens (including phenoxy) is 2. The van der Waals surface area contributed by atoms with Gasteiger partial charge >= 0.3 is 0 Å². The molecule has 0 bridgehead atoms. The van der Waals surface area contributed by atoms with Crippen LogP contribution in [0, 0.1) is 6.92 Å². The van der Waals surface area contributed by atoms with Crippen LogP contribution in [0.2, 0.25) is 0 Å². The predicted molar refractivity (Wildman–Crippen MR) is 127 cm³/mol. The van der Waals surface area contributed by atoms with Crippen molar-refractivity contribution in [2.24, 2.45) is 0 Å². The van der Waals surface area contributed by atoms with E-state index in [0.29, 0.717) is 42.1 Å². The molecule has 158 valence electrons. The first-order chi connectivity index (χ1) is 14.3. The van der Waals surface area contributed by atoms with Crippen molar-refractivity contribution in [3.8, 4) is 11.5 Å². The molecule has 0 spiro atoms. The largest absolute Gasteiger partial charge is 0.490 e. The molecular weight excluding hydrogens is 464 g/mol. The molecule has 0 aromatic heterocycles. The fourth-order valence-corrected chi connectivity index (χ4v) is 3.87. The van der Waals surface area contributed by atoms with Crippen molar-refractivity contribution >= 4 is 45.2 Å². The number of rotatable bonds is 7. The van der Waals surface area contributed by atoms with Crippen LogP contribution < -0.4 is 9.47 Å². The van der Waals surface area contributed by atoms with Gasteiger partial charge in [0.25, 0.3) is 5.91 Å². The van der Waals surface area contributed by atoms with Crippen LogP contribution in [-0.2, 0) is 11.4 Å². The number of thiocarbonyl (C=S) groups is 1. The SMILES string of the molecule is CCOc1cc(C=C2C(=O)N(CC)C(=S)N2C)c(Br)cc1OCc1ccc(C)cc1. The second-order valence-electron chi connectivity index (χ2n) is 6.95. The summed E-state index contributed by atoms with van der Waals surface area (Å²) in [5, 5.41) is 0.507. The Labute approximate surface area is 191 Å². The van der Waals surface area contributed by atoms with E-state index in [9.17, 15) is 4.79 Å². The summed E-state index contributed by atoms with van der Waals surface area (Å²) in [6.45, 7) is 7.37. The van der Waals surface area contributed by atoms with Gasteiger partial charge in [0, 0.05) is 18.1 Å². The number of hydrogen-bond acceptors (Lipinski definition) is 4. The average Bonchev–Trinajstić information content (AvgIpc) is 2.93.